The molecule has 178 valence electrons. The van der Waals surface area contributed by atoms with Crippen LogP contribution >= 0.6 is 0 Å². The van der Waals surface area contributed by atoms with Crippen LogP contribution in [0.3, 0.4) is 0 Å². The molecule has 0 spiro atoms. The molecule has 5 rings (SSSR count). The molecule has 2 heterocycles. The summed E-state index contributed by atoms with van der Waals surface area (Å²) in [6.45, 7) is 2.22. The lowest BCUT2D eigenvalue weighted by atomic mass is 9.99. The Balaban J connectivity index is 1.43. The number of nitriles is 1. The van der Waals surface area contributed by atoms with E-state index in [1.54, 1.807) is 4.90 Å². The van der Waals surface area contributed by atoms with Crippen molar-refractivity contribution in [2.75, 3.05) is 30.0 Å². The van der Waals surface area contributed by atoms with Crippen molar-refractivity contribution in [2.45, 2.75) is 31.9 Å². The van der Waals surface area contributed by atoms with E-state index in [-0.39, 0.29) is 35.1 Å². The van der Waals surface area contributed by atoms with Gasteiger partial charge in [0.15, 0.2) is 0 Å². The summed E-state index contributed by atoms with van der Waals surface area (Å²) < 4.78 is 11.4. The molecule has 3 aromatic rings. The van der Waals surface area contributed by atoms with Gasteiger partial charge in [-0.3, -0.25) is 4.79 Å². The van der Waals surface area contributed by atoms with Gasteiger partial charge in [0.25, 0.3) is 5.91 Å². The van der Waals surface area contributed by atoms with Crippen LogP contribution in [0.4, 0.5) is 11.4 Å². The van der Waals surface area contributed by atoms with Crippen LogP contribution in [0, 0.1) is 11.3 Å². The highest BCUT2D eigenvalue weighted by molar-refractivity contribution is 6.10. The van der Waals surface area contributed by atoms with E-state index in [9.17, 15) is 15.2 Å². The van der Waals surface area contributed by atoms with Crippen LogP contribution in [0.25, 0.3) is 0 Å². The van der Waals surface area contributed by atoms with E-state index in [0.717, 1.165) is 48.4 Å². The van der Waals surface area contributed by atoms with Crippen LogP contribution < -0.4 is 15.0 Å². The Morgan fingerprint density at radius 3 is 2.83 bits per heavy atom. The molecule has 0 aromatic heterocycles. The Morgan fingerprint density at radius 1 is 1.20 bits per heavy atom. The van der Waals surface area contributed by atoms with Gasteiger partial charge in [0, 0.05) is 24.5 Å². The van der Waals surface area contributed by atoms with Crippen LogP contribution in [0.15, 0.2) is 60.7 Å². The molecule has 2 N–H and O–H groups in total. The maximum Gasteiger partial charge on any atom is 0.265 e. The zero-order chi connectivity index (χ0) is 24.2. The normalized spacial score (nSPS) is 16.9. The van der Waals surface area contributed by atoms with Gasteiger partial charge in [0.1, 0.15) is 23.7 Å². The first-order valence-corrected chi connectivity index (χ1v) is 11.9. The number of phenols is 1. The topological polar surface area (TPSA) is 94.8 Å². The highest BCUT2D eigenvalue weighted by Crippen LogP contribution is 2.36. The summed E-state index contributed by atoms with van der Waals surface area (Å²) in [5.41, 5.74) is 4.14. The summed E-state index contributed by atoms with van der Waals surface area (Å²) in [7, 11) is 0. The standard InChI is InChI=1S/C28H27N3O4/c29-16-20-13-25(32)27(26(14-20)35-17-19-5-2-1-3-6-19)28(33)31-11-4-7-21-15-22(8-9-24(21)31)30-23-10-12-34-18-23/h1-3,5-6,8-9,13-15,23,30,32H,4,7,10-12,17-18H2. The zero-order valence-electron chi connectivity index (χ0n) is 19.4. The highest BCUT2D eigenvalue weighted by atomic mass is 16.5. The van der Waals surface area contributed by atoms with Crippen molar-refractivity contribution in [1.82, 2.24) is 0 Å². The number of aromatic hydroxyl groups is 1. The van der Waals surface area contributed by atoms with Gasteiger partial charge >= 0.3 is 0 Å². The van der Waals surface area contributed by atoms with E-state index in [4.69, 9.17) is 9.47 Å². The SMILES string of the molecule is N#Cc1cc(O)c(C(=O)N2CCCc3cc(NC4CCOC4)ccc32)c(OCc2ccccc2)c1. The summed E-state index contributed by atoms with van der Waals surface area (Å²) in [6, 6.07) is 20.7. The summed E-state index contributed by atoms with van der Waals surface area (Å²) in [4.78, 5) is 15.4. The molecule has 0 radical (unpaired) electrons. The molecule has 0 saturated carbocycles. The Labute approximate surface area is 204 Å². The van der Waals surface area contributed by atoms with Gasteiger partial charge in [0.05, 0.1) is 24.3 Å². The van der Waals surface area contributed by atoms with Crippen molar-refractivity contribution in [1.29, 1.82) is 5.26 Å². The molecule has 2 aliphatic rings. The molecule has 3 aromatic carbocycles. The van der Waals surface area contributed by atoms with E-state index in [1.807, 2.05) is 48.5 Å². The van der Waals surface area contributed by atoms with Gasteiger partial charge in [-0.25, -0.2) is 0 Å². The van der Waals surface area contributed by atoms with Crippen molar-refractivity contribution in [3.63, 3.8) is 0 Å². The molecule has 7 nitrogen and oxygen atoms in total. The first-order chi connectivity index (χ1) is 17.1. The lowest BCUT2D eigenvalue weighted by molar-refractivity contribution is 0.0978. The number of fused-ring (bicyclic) bond motifs is 1. The van der Waals surface area contributed by atoms with Gasteiger partial charge in [-0.2, -0.15) is 5.26 Å². The minimum Gasteiger partial charge on any atom is -0.507 e. The van der Waals surface area contributed by atoms with E-state index < -0.39 is 0 Å². The van der Waals surface area contributed by atoms with Crippen molar-refractivity contribution in [3.05, 3.63) is 82.9 Å². The maximum absolute atomic E-state index is 13.7. The largest absolute Gasteiger partial charge is 0.507 e. The second kappa shape index (κ2) is 10.1. The predicted octanol–water partition coefficient (Wildman–Crippen LogP) is 4.64. The second-order valence-corrected chi connectivity index (χ2v) is 8.86. The Kier molecular flexibility index (Phi) is 6.55. The lowest BCUT2D eigenvalue weighted by Crippen LogP contribution is -2.36. The number of nitrogens with one attached hydrogen (secondary N) is 1. The average molecular weight is 470 g/mol. The van der Waals surface area contributed by atoms with Crippen molar-refractivity contribution < 1.29 is 19.4 Å². The zero-order valence-corrected chi connectivity index (χ0v) is 19.4. The third-order valence-corrected chi connectivity index (χ3v) is 6.41. The number of phenolic OH excluding ortho intramolecular Hbond substituents is 1. The number of rotatable bonds is 6. The lowest BCUT2D eigenvalue weighted by Gasteiger charge is -2.31. The number of anilines is 2. The van der Waals surface area contributed by atoms with E-state index in [1.165, 1.54) is 12.1 Å². The summed E-state index contributed by atoms with van der Waals surface area (Å²) in [5.74, 6) is -0.410. The van der Waals surface area contributed by atoms with Crippen LogP contribution in [0.5, 0.6) is 11.5 Å². The van der Waals surface area contributed by atoms with Crippen molar-refractivity contribution in [2.24, 2.45) is 0 Å². The predicted molar refractivity (Wildman–Crippen MR) is 133 cm³/mol. The molecular weight excluding hydrogens is 442 g/mol. The van der Waals surface area contributed by atoms with Crippen LogP contribution in [-0.2, 0) is 17.8 Å². The number of ether oxygens (including phenoxy) is 2. The Hall–Kier alpha value is -4.02. The molecule has 7 heteroatoms. The first-order valence-electron chi connectivity index (χ1n) is 11.9. The third kappa shape index (κ3) is 4.93. The minimum absolute atomic E-state index is 0.0677. The molecule has 1 atom stereocenters. The van der Waals surface area contributed by atoms with Crippen molar-refractivity contribution >= 4 is 17.3 Å². The van der Waals surface area contributed by atoms with E-state index >= 15 is 0 Å². The molecule has 0 bridgehead atoms. The van der Waals surface area contributed by atoms with Gasteiger partial charge in [0.2, 0.25) is 0 Å². The number of hydrogen-bond donors (Lipinski definition) is 2. The summed E-state index contributed by atoms with van der Waals surface area (Å²) in [6.07, 6.45) is 2.66. The molecule has 0 aliphatic carbocycles. The first kappa shape index (κ1) is 22.8. The number of carbonyl (C=O) groups is 1. The fourth-order valence-corrected chi connectivity index (χ4v) is 4.65. The number of nitrogens with zero attached hydrogens (tertiary/aromatic N) is 2. The molecule has 35 heavy (non-hydrogen) atoms. The smallest absolute Gasteiger partial charge is 0.265 e. The van der Waals surface area contributed by atoms with Crippen LogP contribution in [-0.4, -0.2) is 36.8 Å². The quantitative estimate of drug-likeness (QED) is 0.546. The molecular formula is C28H27N3O4. The summed E-state index contributed by atoms with van der Waals surface area (Å²) >= 11 is 0. The molecule has 1 fully saturated rings. The number of aryl methyl sites for hydroxylation is 1. The molecule has 2 aliphatic heterocycles. The maximum atomic E-state index is 13.7. The fourth-order valence-electron chi connectivity index (χ4n) is 4.65. The molecule has 1 amide bonds. The van der Waals surface area contributed by atoms with E-state index in [2.05, 4.69) is 11.4 Å². The van der Waals surface area contributed by atoms with Crippen LogP contribution in [0.2, 0.25) is 0 Å². The van der Waals surface area contributed by atoms with Gasteiger partial charge in [-0.05, 0) is 60.7 Å². The number of carbonyl (C=O) groups excluding carboxylic acids is 1. The summed E-state index contributed by atoms with van der Waals surface area (Å²) in [5, 5.41) is 23.6. The van der Waals surface area contributed by atoms with E-state index in [0.29, 0.717) is 19.2 Å². The Morgan fingerprint density at radius 2 is 2.06 bits per heavy atom. The number of benzene rings is 3. The third-order valence-electron chi connectivity index (χ3n) is 6.41. The number of hydrogen-bond acceptors (Lipinski definition) is 6. The van der Waals surface area contributed by atoms with Gasteiger partial charge in [-0.1, -0.05) is 30.3 Å². The monoisotopic (exact) mass is 469 g/mol. The second-order valence-electron chi connectivity index (χ2n) is 8.86. The minimum atomic E-state index is -0.346. The average Bonchev–Trinajstić information content (AvgIpc) is 3.40. The van der Waals surface area contributed by atoms with Gasteiger partial charge < -0.3 is 24.8 Å². The molecule has 1 unspecified atom stereocenters. The van der Waals surface area contributed by atoms with Crippen LogP contribution in [0.1, 0.15) is 39.9 Å². The van der Waals surface area contributed by atoms with Gasteiger partial charge in [-0.15, -0.1) is 0 Å². The van der Waals surface area contributed by atoms with Crippen molar-refractivity contribution in [3.8, 4) is 17.6 Å². The highest BCUT2D eigenvalue weighted by Gasteiger charge is 2.29. The Bertz CT molecular complexity index is 1260. The molecule has 1 saturated heterocycles. The fraction of sp³-hybridized carbons (Fsp3) is 0.286. The number of amides is 1.